The summed E-state index contributed by atoms with van der Waals surface area (Å²) in [4.78, 5) is 25.6. The quantitative estimate of drug-likeness (QED) is 0.878. The minimum Gasteiger partial charge on any atom is -0.345 e. The normalized spacial score (nSPS) is 18.4. The average Bonchev–Trinajstić information content (AvgIpc) is 2.93. The van der Waals surface area contributed by atoms with Gasteiger partial charge >= 0.3 is 6.18 Å². The van der Waals surface area contributed by atoms with Gasteiger partial charge in [0, 0.05) is 16.6 Å². The van der Waals surface area contributed by atoms with Crippen molar-refractivity contribution in [1.82, 2.24) is 10.2 Å². The second-order valence-electron chi connectivity index (χ2n) is 5.00. The van der Waals surface area contributed by atoms with Gasteiger partial charge < -0.3 is 10.2 Å². The molecule has 0 radical (unpaired) electrons. The number of nitrogens with one attached hydrogen (secondary N) is 1. The van der Waals surface area contributed by atoms with Crippen molar-refractivity contribution in [2.24, 2.45) is 0 Å². The summed E-state index contributed by atoms with van der Waals surface area (Å²) in [5.41, 5.74) is 0.402. The number of hydrogen-bond donors (Lipinski definition) is 1. The van der Waals surface area contributed by atoms with Crippen LogP contribution in [-0.2, 0) is 4.79 Å². The molecule has 120 valence electrons. The number of hydrogen-bond acceptors (Lipinski definition) is 2. The van der Waals surface area contributed by atoms with E-state index in [0.717, 1.165) is 4.47 Å². The maximum atomic E-state index is 12.4. The van der Waals surface area contributed by atoms with Crippen LogP contribution < -0.4 is 5.32 Å². The van der Waals surface area contributed by atoms with Gasteiger partial charge in [-0.2, -0.15) is 13.2 Å². The van der Waals surface area contributed by atoms with Crippen molar-refractivity contribution >= 4 is 27.7 Å². The Morgan fingerprint density at radius 3 is 2.50 bits per heavy atom. The zero-order valence-corrected chi connectivity index (χ0v) is 13.1. The van der Waals surface area contributed by atoms with Crippen molar-refractivity contribution < 1.29 is 22.8 Å². The van der Waals surface area contributed by atoms with Crippen LogP contribution in [0.4, 0.5) is 13.2 Å². The highest BCUT2D eigenvalue weighted by Crippen LogP contribution is 2.22. The molecule has 0 aromatic heterocycles. The average molecular weight is 379 g/mol. The van der Waals surface area contributed by atoms with Crippen LogP contribution in [0.15, 0.2) is 28.7 Å². The van der Waals surface area contributed by atoms with Crippen molar-refractivity contribution in [3.8, 4) is 0 Å². The molecule has 8 heteroatoms. The van der Waals surface area contributed by atoms with Crippen LogP contribution in [0.2, 0.25) is 0 Å². The van der Waals surface area contributed by atoms with E-state index in [1.165, 1.54) is 4.90 Å². The molecular formula is C14H14BrF3N2O2. The second-order valence-corrected chi connectivity index (χ2v) is 5.91. The third-order valence-corrected chi connectivity index (χ3v) is 3.90. The van der Waals surface area contributed by atoms with Gasteiger partial charge in [-0.05, 0) is 37.1 Å². The first-order valence-electron chi connectivity index (χ1n) is 6.69. The smallest absolute Gasteiger partial charge is 0.345 e. The number of nitrogens with zero attached hydrogens (tertiary/aromatic N) is 1. The van der Waals surface area contributed by atoms with Gasteiger partial charge in [0.15, 0.2) is 0 Å². The SMILES string of the molecule is O=C(NCC(F)(F)F)C1CCCN1C(=O)c1ccc(Br)cc1. The topological polar surface area (TPSA) is 49.4 Å². The van der Waals surface area contributed by atoms with E-state index in [9.17, 15) is 22.8 Å². The number of rotatable bonds is 3. The zero-order chi connectivity index (χ0) is 16.3. The predicted molar refractivity (Wildman–Crippen MR) is 77.3 cm³/mol. The van der Waals surface area contributed by atoms with Gasteiger partial charge in [-0.15, -0.1) is 0 Å². The van der Waals surface area contributed by atoms with Gasteiger partial charge in [0.05, 0.1) is 0 Å². The molecule has 4 nitrogen and oxygen atoms in total. The van der Waals surface area contributed by atoms with Gasteiger partial charge in [0.25, 0.3) is 5.91 Å². The predicted octanol–water partition coefficient (Wildman–Crippen LogP) is 2.73. The molecule has 22 heavy (non-hydrogen) atoms. The third-order valence-electron chi connectivity index (χ3n) is 3.37. The second kappa shape index (κ2) is 6.68. The van der Waals surface area contributed by atoms with Gasteiger partial charge in [-0.25, -0.2) is 0 Å². The summed E-state index contributed by atoms with van der Waals surface area (Å²) in [6.45, 7) is -1.03. The molecule has 1 aromatic rings. The molecule has 1 N–H and O–H groups in total. The molecule has 1 aliphatic heterocycles. The van der Waals surface area contributed by atoms with Crippen LogP contribution in [-0.4, -0.2) is 42.0 Å². The largest absolute Gasteiger partial charge is 0.405 e. The first kappa shape index (κ1) is 16.8. The summed E-state index contributed by atoms with van der Waals surface area (Å²) < 4.78 is 37.3. The minimum atomic E-state index is -4.46. The van der Waals surface area contributed by atoms with Crippen LogP contribution in [0, 0.1) is 0 Å². The van der Waals surface area contributed by atoms with E-state index in [4.69, 9.17) is 0 Å². The number of amides is 2. The molecule has 1 fully saturated rings. The van der Waals surface area contributed by atoms with Gasteiger partial charge in [0.2, 0.25) is 5.91 Å². The lowest BCUT2D eigenvalue weighted by molar-refractivity contribution is -0.140. The maximum absolute atomic E-state index is 12.4. The molecule has 1 aromatic carbocycles. The highest BCUT2D eigenvalue weighted by atomic mass is 79.9. The standard InChI is InChI=1S/C14H14BrF3N2O2/c15-10-5-3-9(4-6-10)13(22)20-7-1-2-11(20)12(21)19-8-14(16,17)18/h3-6,11H,1-2,7-8H2,(H,19,21). The van der Waals surface area contributed by atoms with Crippen LogP contribution in [0.5, 0.6) is 0 Å². The number of carbonyl (C=O) groups excluding carboxylic acids is 2. The van der Waals surface area contributed by atoms with E-state index in [0.29, 0.717) is 24.9 Å². The zero-order valence-electron chi connectivity index (χ0n) is 11.5. The molecule has 1 saturated heterocycles. The van der Waals surface area contributed by atoms with Crippen LogP contribution in [0.1, 0.15) is 23.2 Å². The Balaban J connectivity index is 2.05. The van der Waals surface area contributed by atoms with E-state index < -0.39 is 24.7 Å². The summed E-state index contributed by atoms with van der Waals surface area (Å²) >= 11 is 3.26. The number of alkyl halides is 3. The lowest BCUT2D eigenvalue weighted by atomic mass is 10.1. The Morgan fingerprint density at radius 2 is 1.91 bits per heavy atom. The molecule has 2 amide bonds. The summed E-state index contributed by atoms with van der Waals surface area (Å²) in [6.07, 6.45) is -3.51. The fourth-order valence-corrected chi connectivity index (χ4v) is 2.61. The molecule has 1 atom stereocenters. The fourth-order valence-electron chi connectivity index (χ4n) is 2.35. The van der Waals surface area contributed by atoms with Crippen molar-refractivity contribution in [3.63, 3.8) is 0 Å². The molecule has 0 spiro atoms. The summed E-state index contributed by atoms with van der Waals surface area (Å²) in [5.74, 6) is -1.11. The first-order valence-corrected chi connectivity index (χ1v) is 7.48. The number of benzene rings is 1. The molecule has 0 bridgehead atoms. The molecular weight excluding hydrogens is 365 g/mol. The molecule has 2 rings (SSSR count). The summed E-state index contributed by atoms with van der Waals surface area (Å²) in [6, 6.07) is 5.76. The van der Waals surface area contributed by atoms with Crippen molar-refractivity contribution in [3.05, 3.63) is 34.3 Å². The lowest BCUT2D eigenvalue weighted by Crippen LogP contribution is -2.48. The van der Waals surface area contributed by atoms with Crippen molar-refractivity contribution in [1.29, 1.82) is 0 Å². The maximum Gasteiger partial charge on any atom is 0.405 e. The number of carbonyl (C=O) groups is 2. The van der Waals surface area contributed by atoms with E-state index in [2.05, 4.69) is 15.9 Å². The summed E-state index contributed by atoms with van der Waals surface area (Å²) in [5, 5.41) is 1.84. The molecule has 1 heterocycles. The number of halogens is 4. The highest BCUT2D eigenvalue weighted by molar-refractivity contribution is 9.10. The van der Waals surface area contributed by atoms with Gasteiger partial charge in [-0.3, -0.25) is 9.59 Å². The molecule has 0 saturated carbocycles. The Kier molecular flexibility index (Phi) is 5.10. The Bertz CT molecular complexity index is 560. The van der Waals surface area contributed by atoms with E-state index in [1.54, 1.807) is 24.3 Å². The van der Waals surface area contributed by atoms with Crippen LogP contribution >= 0.6 is 15.9 Å². The van der Waals surface area contributed by atoms with Crippen LogP contribution in [0.3, 0.4) is 0 Å². The third kappa shape index (κ3) is 4.22. The van der Waals surface area contributed by atoms with Gasteiger partial charge in [0.1, 0.15) is 12.6 Å². The van der Waals surface area contributed by atoms with Gasteiger partial charge in [-0.1, -0.05) is 15.9 Å². The van der Waals surface area contributed by atoms with Crippen molar-refractivity contribution in [2.45, 2.75) is 25.1 Å². The van der Waals surface area contributed by atoms with Crippen molar-refractivity contribution in [2.75, 3.05) is 13.1 Å². The monoisotopic (exact) mass is 378 g/mol. The molecule has 1 unspecified atom stereocenters. The number of likely N-dealkylation sites (tertiary alicyclic amines) is 1. The highest BCUT2D eigenvalue weighted by Gasteiger charge is 2.36. The van der Waals surface area contributed by atoms with E-state index in [1.807, 2.05) is 5.32 Å². The Labute approximate surface area is 133 Å². The lowest BCUT2D eigenvalue weighted by Gasteiger charge is -2.24. The Hall–Kier alpha value is -1.57. The van der Waals surface area contributed by atoms with E-state index in [-0.39, 0.29) is 5.91 Å². The molecule has 0 aliphatic carbocycles. The fraction of sp³-hybridized carbons (Fsp3) is 0.429. The van der Waals surface area contributed by atoms with E-state index >= 15 is 0 Å². The Morgan fingerprint density at radius 1 is 1.27 bits per heavy atom. The summed E-state index contributed by atoms with van der Waals surface area (Å²) in [7, 11) is 0. The molecule has 1 aliphatic rings. The minimum absolute atomic E-state index is 0.350. The first-order chi connectivity index (χ1) is 10.3. The van der Waals surface area contributed by atoms with Crippen LogP contribution in [0.25, 0.3) is 0 Å².